The first-order chi connectivity index (χ1) is 12.7. The minimum atomic E-state index is -0.833. The average Bonchev–Trinajstić information content (AvgIpc) is 2.58. The highest BCUT2D eigenvalue weighted by molar-refractivity contribution is 6.33. The van der Waals surface area contributed by atoms with E-state index in [-0.39, 0.29) is 10.1 Å². The normalized spacial score (nSPS) is 13.1. The van der Waals surface area contributed by atoms with Gasteiger partial charge in [-0.15, -0.1) is 0 Å². The summed E-state index contributed by atoms with van der Waals surface area (Å²) in [4.78, 5) is 0. The molecule has 0 unspecified atom stereocenters. The molecule has 0 fully saturated rings. The number of hydrogen-bond acceptors (Lipinski definition) is 6. The van der Waals surface area contributed by atoms with Crippen LogP contribution in [0.1, 0.15) is 33.3 Å². The second-order valence-electron chi connectivity index (χ2n) is 8.40. The molecular weight excluding hydrogens is 380 g/mol. The standard InChI is InChI=1S/C19H36O6Si2/c1-15-8-16(24-26-18(2,3)11-22-13-20-6)10-17(9-15)25-27-19(4,5)12-23-14-21-7/h8-10H,11-14,26-27H2,1-7H3. The summed E-state index contributed by atoms with van der Waals surface area (Å²) in [5, 5.41) is 0.0530. The molecule has 0 radical (unpaired) electrons. The van der Waals surface area contributed by atoms with E-state index in [0.717, 1.165) is 17.1 Å². The van der Waals surface area contributed by atoms with Crippen molar-refractivity contribution in [3.63, 3.8) is 0 Å². The molecule has 0 amide bonds. The Kier molecular flexibility index (Phi) is 10.6. The van der Waals surface area contributed by atoms with Gasteiger partial charge in [0.2, 0.25) is 19.5 Å². The number of rotatable bonds is 14. The van der Waals surface area contributed by atoms with E-state index in [1.54, 1.807) is 14.2 Å². The van der Waals surface area contributed by atoms with Crippen LogP contribution < -0.4 is 8.85 Å². The van der Waals surface area contributed by atoms with Crippen molar-refractivity contribution in [2.45, 2.75) is 44.7 Å². The number of ether oxygens (including phenoxy) is 4. The van der Waals surface area contributed by atoms with Crippen LogP contribution in [0.25, 0.3) is 0 Å². The van der Waals surface area contributed by atoms with Crippen molar-refractivity contribution in [3.8, 4) is 11.5 Å². The minimum Gasteiger partial charge on any atom is -0.549 e. The van der Waals surface area contributed by atoms with Crippen molar-refractivity contribution in [1.82, 2.24) is 0 Å². The summed E-state index contributed by atoms with van der Waals surface area (Å²) in [5.74, 6) is 1.75. The molecule has 8 heteroatoms. The van der Waals surface area contributed by atoms with Gasteiger partial charge in [0, 0.05) is 30.4 Å². The monoisotopic (exact) mass is 416 g/mol. The van der Waals surface area contributed by atoms with E-state index in [1.807, 2.05) is 6.07 Å². The average molecular weight is 417 g/mol. The third-order valence-electron chi connectivity index (χ3n) is 3.67. The Labute approximate surface area is 168 Å². The Balaban J connectivity index is 2.58. The van der Waals surface area contributed by atoms with E-state index in [4.69, 9.17) is 27.8 Å². The Morgan fingerprint density at radius 2 is 1.15 bits per heavy atom. The van der Waals surface area contributed by atoms with E-state index in [9.17, 15) is 0 Å². The smallest absolute Gasteiger partial charge is 0.227 e. The molecule has 0 heterocycles. The Hall–Kier alpha value is -0.906. The molecule has 0 aliphatic carbocycles. The number of aryl methyl sites for hydroxylation is 1. The van der Waals surface area contributed by atoms with Gasteiger partial charge in [-0.1, -0.05) is 27.7 Å². The lowest BCUT2D eigenvalue weighted by molar-refractivity contribution is -0.0384. The lowest BCUT2D eigenvalue weighted by Crippen LogP contribution is -2.25. The Morgan fingerprint density at radius 3 is 1.52 bits per heavy atom. The molecule has 0 aromatic heterocycles. The van der Waals surface area contributed by atoms with Gasteiger partial charge in [-0.3, -0.25) is 0 Å². The van der Waals surface area contributed by atoms with Gasteiger partial charge in [0.15, 0.2) is 0 Å². The first-order valence-electron chi connectivity index (χ1n) is 9.18. The van der Waals surface area contributed by atoms with Crippen LogP contribution in [0.3, 0.4) is 0 Å². The van der Waals surface area contributed by atoms with E-state index < -0.39 is 19.5 Å². The van der Waals surface area contributed by atoms with Crippen molar-refractivity contribution >= 4 is 19.5 Å². The van der Waals surface area contributed by atoms with Crippen molar-refractivity contribution in [3.05, 3.63) is 23.8 Å². The van der Waals surface area contributed by atoms with Crippen LogP contribution in [0.15, 0.2) is 18.2 Å². The maximum absolute atomic E-state index is 6.15. The maximum atomic E-state index is 6.15. The molecule has 0 bridgehead atoms. The summed E-state index contributed by atoms with van der Waals surface area (Å²) in [7, 11) is 1.59. The van der Waals surface area contributed by atoms with E-state index in [0.29, 0.717) is 26.8 Å². The second kappa shape index (κ2) is 11.8. The number of methoxy groups -OCH3 is 2. The Bertz CT molecular complexity index is 507. The summed E-state index contributed by atoms with van der Waals surface area (Å²) < 4.78 is 33.2. The predicted octanol–water partition coefficient (Wildman–Crippen LogP) is 2.56. The highest BCUT2D eigenvalue weighted by atomic mass is 28.2. The molecule has 0 saturated carbocycles. The maximum Gasteiger partial charge on any atom is 0.227 e. The van der Waals surface area contributed by atoms with Crippen molar-refractivity contribution in [2.24, 2.45) is 0 Å². The first-order valence-corrected chi connectivity index (χ1v) is 11.7. The first kappa shape index (κ1) is 24.1. The molecule has 0 N–H and O–H groups in total. The second-order valence-corrected chi connectivity index (χ2v) is 13.4. The van der Waals surface area contributed by atoms with Gasteiger partial charge in [-0.25, -0.2) is 0 Å². The fourth-order valence-electron chi connectivity index (χ4n) is 2.32. The van der Waals surface area contributed by atoms with E-state index in [1.165, 1.54) is 0 Å². The summed E-state index contributed by atoms with van der Waals surface area (Å²) in [5.41, 5.74) is 1.13. The number of benzene rings is 1. The van der Waals surface area contributed by atoms with Crippen LogP contribution in [-0.2, 0) is 18.9 Å². The van der Waals surface area contributed by atoms with Crippen LogP contribution in [0.5, 0.6) is 11.5 Å². The van der Waals surface area contributed by atoms with Gasteiger partial charge in [0.05, 0.1) is 13.2 Å². The molecule has 0 aliphatic rings. The lowest BCUT2D eigenvalue weighted by Gasteiger charge is -2.25. The molecule has 1 aromatic carbocycles. The molecule has 27 heavy (non-hydrogen) atoms. The van der Waals surface area contributed by atoms with Crippen LogP contribution >= 0.6 is 0 Å². The van der Waals surface area contributed by atoms with Gasteiger partial charge in [0.1, 0.15) is 25.1 Å². The van der Waals surface area contributed by atoms with Gasteiger partial charge >= 0.3 is 0 Å². The molecule has 0 saturated heterocycles. The third-order valence-corrected chi connectivity index (χ3v) is 6.60. The van der Waals surface area contributed by atoms with Crippen molar-refractivity contribution < 1.29 is 27.8 Å². The SMILES string of the molecule is COCOCC(C)(C)[SiH2]Oc1cc(C)cc(O[SiH2]C(C)(C)COCOC)c1. The molecule has 156 valence electrons. The van der Waals surface area contributed by atoms with Crippen molar-refractivity contribution in [2.75, 3.05) is 41.0 Å². The van der Waals surface area contributed by atoms with Gasteiger partial charge in [0.25, 0.3) is 0 Å². The largest absolute Gasteiger partial charge is 0.549 e. The van der Waals surface area contributed by atoms with Crippen LogP contribution in [0.4, 0.5) is 0 Å². The summed E-state index contributed by atoms with van der Waals surface area (Å²) >= 11 is 0. The molecule has 0 atom stereocenters. The lowest BCUT2D eigenvalue weighted by atomic mass is 10.2. The van der Waals surface area contributed by atoms with Gasteiger partial charge < -0.3 is 27.8 Å². The summed E-state index contributed by atoms with van der Waals surface area (Å²) in [6.45, 7) is 12.6. The summed E-state index contributed by atoms with van der Waals surface area (Å²) in [6, 6.07) is 6.10. The van der Waals surface area contributed by atoms with Crippen molar-refractivity contribution in [1.29, 1.82) is 0 Å². The number of hydrogen-bond donors (Lipinski definition) is 0. The fourth-order valence-corrected chi connectivity index (χ4v) is 4.23. The van der Waals surface area contributed by atoms with E-state index >= 15 is 0 Å². The minimum absolute atomic E-state index is 0.0265. The zero-order valence-electron chi connectivity index (χ0n) is 17.9. The zero-order chi connectivity index (χ0) is 20.3. The Morgan fingerprint density at radius 1 is 0.741 bits per heavy atom. The van der Waals surface area contributed by atoms with E-state index in [2.05, 4.69) is 46.8 Å². The predicted molar refractivity (Wildman–Crippen MR) is 113 cm³/mol. The quantitative estimate of drug-likeness (QED) is 0.264. The van der Waals surface area contributed by atoms with Crippen LogP contribution in [0.2, 0.25) is 10.1 Å². The topological polar surface area (TPSA) is 55.4 Å². The van der Waals surface area contributed by atoms with Gasteiger partial charge in [-0.2, -0.15) is 0 Å². The molecule has 6 nitrogen and oxygen atoms in total. The summed E-state index contributed by atoms with van der Waals surface area (Å²) in [6.07, 6.45) is 0. The fraction of sp³-hybridized carbons (Fsp3) is 0.684. The van der Waals surface area contributed by atoms with Gasteiger partial charge in [-0.05, 0) is 24.6 Å². The third kappa shape index (κ3) is 10.9. The molecule has 1 aromatic rings. The highest BCUT2D eigenvalue weighted by Crippen LogP contribution is 2.29. The highest BCUT2D eigenvalue weighted by Gasteiger charge is 2.22. The molecule has 0 spiro atoms. The zero-order valence-corrected chi connectivity index (χ0v) is 20.8. The molecule has 1 rings (SSSR count). The molecule has 0 aliphatic heterocycles. The molecular formula is C19H36O6Si2. The van der Waals surface area contributed by atoms with Crippen LogP contribution in [-0.4, -0.2) is 60.5 Å². The van der Waals surface area contributed by atoms with Crippen LogP contribution in [0, 0.1) is 6.92 Å².